The van der Waals surface area contributed by atoms with Crippen molar-refractivity contribution in [3.63, 3.8) is 0 Å². The molecule has 0 bridgehead atoms. The first kappa shape index (κ1) is 14.4. The number of benzene rings is 1. The molecule has 2 fully saturated rings. The molecular weight excluding hydrogens is 264 g/mol. The van der Waals surface area contributed by atoms with Gasteiger partial charge in [-0.3, -0.25) is 4.79 Å². The molecule has 0 aliphatic carbocycles. The van der Waals surface area contributed by atoms with E-state index in [1.165, 1.54) is 5.56 Å². The molecule has 2 aliphatic rings. The van der Waals surface area contributed by atoms with E-state index < -0.39 is 0 Å². The molecule has 21 heavy (non-hydrogen) atoms. The minimum atomic E-state index is 0.0679. The number of ether oxygens (including phenoxy) is 1. The molecule has 4 nitrogen and oxygen atoms in total. The maximum absolute atomic E-state index is 12.4. The number of carbonyl (C=O) groups excluding carboxylic acids is 1. The van der Waals surface area contributed by atoms with Gasteiger partial charge in [0.25, 0.3) is 0 Å². The largest absolute Gasteiger partial charge is 0.497 e. The summed E-state index contributed by atoms with van der Waals surface area (Å²) in [5, 5.41) is 3.30. The van der Waals surface area contributed by atoms with E-state index in [-0.39, 0.29) is 6.04 Å². The lowest BCUT2D eigenvalue weighted by molar-refractivity contribution is -0.134. The predicted molar refractivity (Wildman–Crippen MR) is 82.6 cm³/mol. The van der Waals surface area contributed by atoms with E-state index in [2.05, 4.69) is 17.4 Å². The fourth-order valence-electron chi connectivity index (χ4n) is 3.44. The Morgan fingerprint density at radius 2 is 2.10 bits per heavy atom. The zero-order valence-corrected chi connectivity index (χ0v) is 12.7. The number of piperidine rings is 1. The number of hydrogen-bond donors (Lipinski definition) is 1. The van der Waals surface area contributed by atoms with Crippen molar-refractivity contribution in [2.75, 3.05) is 26.7 Å². The van der Waals surface area contributed by atoms with Gasteiger partial charge in [-0.25, -0.2) is 0 Å². The SMILES string of the molecule is COc1cccc(C2CCN(C(=O)C3CCCN3)CC2)c1. The minimum absolute atomic E-state index is 0.0679. The summed E-state index contributed by atoms with van der Waals surface area (Å²) >= 11 is 0. The van der Waals surface area contributed by atoms with Gasteiger partial charge >= 0.3 is 0 Å². The normalized spacial score (nSPS) is 23.3. The number of hydrogen-bond acceptors (Lipinski definition) is 3. The van der Waals surface area contributed by atoms with E-state index in [4.69, 9.17) is 4.74 Å². The van der Waals surface area contributed by atoms with Crippen molar-refractivity contribution in [3.05, 3.63) is 29.8 Å². The van der Waals surface area contributed by atoms with E-state index >= 15 is 0 Å². The lowest BCUT2D eigenvalue weighted by atomic mass is 9.89. The highest BCUT2D eigenvalue weighted by Gasteiger charge is 2.30. The van der Waals surface area contributed by atoms with Crippen LogP contribution in [0, 0.1) is 0 Å². The molecule has 2 saturated heterocycles. The number of carbonyl (C=O) groups is 1. The molecule has 114 valence electrons. The molecule has 0 radical (unpaired) electrons. The van der Waals surface area contributed by atoms with Crippen molar-refractivity contribution in [2.45, 2.75) is 37.6 Å². The number of amides is 1. The smallest absolute Gasteiger partial charge is 0.239 e. The standard InChI is InChI=1S/C17H24N2O2/c1-21-15-5-2-4-14(12-15)13-7-10-19(11-8-13)17(20)16-6-3-9-18-16/h2,4-5,12-13,16,18H,3,6-11H2,1H3. The molecule has 2 aliphatic heterocycles. The molecule has 0 spiro atoms. The fourth-order valence-corrected chi connectivity index (χ4v) is 3.44. The Morgan fingerprint density at radius 1 is 1.29 bits per heavy atom. The summed E-state index contributed by atoms with van der Waals surface area (Å²) in [6.07, 6.45) is 4.21. The summed E-state index contributed by atoms with van der Waals surface area (Å²) in [7, 11) is 1.70. The van der Waals surface area contributed by atoms with Crippen molar-refractivity contribution in [1.29, 1.82) is 0 Å². The van der Waals surface area contributed by atoms with Crippen LogP contribution in [0.5, 0.6) is 5.75 Å². The molecule has 1 amide bonds. The summed E-state index contributed by atoms with van der Waals surface area (Å²) in [6, 6.07) is 8.39. The first-order valence-electron chi connectivity index (χ1n) is 7.94. The van der Waals surface area contributed by atoms with Crippen LogP contribution in [0.15, 0.2) is 24.3 Å². The number of nitrogens with zero attached hydrogens (tertiary/aromatic N) is 1. The van der Waals surface area contributed by atoms with E-state index in [9.17, 15) is 4.79 Å². The highest BCUT2D eigenvalue weighted by molar-refractivity contribution is 5.82. The van der Waals surface area contributed by atoms with Gasteiger partial charge in [-0.2, -0.15) is 0 Å². The molecule has 1 aromatic rings. The quantitative estimate of drug-likeness (QED) is 0.926. The van der Waals surface area contributed by atoms with Gasteiger partial charge in [-0.05, 0) is 55.8 Å². The van der Waals surface area contributed by atoms with Crippen LogP contribution in [0.1, 0.15) is 37.2 Å². The summed E-state index contributed by atoms with van der Waals surface area (Å²) in [5.41, 5.74) is 1.33. The third kappa shape index (κ3) is 3.21. The molecule has 1 aromatic carbocycles. The van der Waals surface area contributed by atoms with E-state index in [1.807, 2.05) is 17.0 Å². The average Bonchev–Trinajstić information content (AvgIpc) is 3.09. The number of rotatable bonds is 3. The Morgan fingerprint density at radius 3 is 2.76 bits per heavy atom. The third-order valence-electron chi connectivity index (χ3n) is 4.73. The maximum Gasteiger partial charge on any atom is 0.239 e. The molecule has 4 heteroatoms. The topological polar surface area (TPSA) is 41.6 Å². The first-order chi connectivity index (χ1) is 10.3. The van der Waals surface area contributed by atoms with Gasteiger partial charge in [0.15, 0.2) is 0 Å². The van der Waals surface area contributed by atoms with Gasteiger partial charge < -0.3 is 15.0 Å². The highest BCUT2D eigenvalue weighted by Crippen LogP contribution is 2.30. The Bertz CT molecular complexity index is 489. The summed E-state index contributed by atoms with van der Waals surface area (Å²) in [5.74, 6) is 1.76. The Balaban J connectivity index is 1.58. The van der Waals surface area contributed by atoms with Crippen LogP contribution in [-0.2, 0) is 4.79 Å². The van der Waals surface area contributed by atoms with Gasteiger partial charge in [0.05, 0.1) is 13.2 Å². The first-order valence-corrected chi connectivity index (χ1v) is 7.94. The lowest BCUT2D eigenvalue weighted by Crippen LogP contribution is -2.46. The zero-order valence-electron chi connectivity index (χ0n) is 12.7. The average molecular weight is 288 g/mol. The summed E-state index contributed by atoms with van der Waals surface area (Å²) < 4.78 is 5.30. The highest BCUT2D eigenvalue weighted by atomic mass is 16.5. The summed E-state index contributed by atoms with van der Waals surface area (Å²) in [4.78, 5) is 14.4. The van der Waals surface area contributed by atoms with Crippen LogP contribution in [0.2, 0.25) is 0 Å². The summed E-state index contributed by atoms with van der Waals surface area (Å²) in [6.45, 7) is 2.73. The number of methoxy groups -OCH3 is 1. The molecule has 3 rings (SSSR count). The third-order valence-corrected chi connectivity index (χ3v) is 4.73. The van der Waals surface area contributed by atoms with Crippen LogP contribution < -0.4 is 10.1 Å². The van der Waals surface area contributed by atoms with Gasteiger partial charge in [0.1, 0.15) is 5.75 Å². The molecular formula is C17H24N2O2. The lowest BCUT2D eigenvalue weighted by Gasteiger charge is -2.33. The zero-order chi connectivity index (χ0) is 14.7. The van der Waals surface area contributed by atoms with Gasteiger partial charge in [-0.1, -0.05) is 12.1 Å². The van der Waals surface area contributed by atoms with Crippen LogP contribution in [0.25, 0.3) is 0 Å². The van der Waals surface area contributed by atoms with Crippen molar-refractivity contribution in [1.82, 2.24) is 10.2 Å². The number of nitrogens with one attached hydrogen (secondary N) is 1. The predicted octanol–water partition coefficient (Wildman–Crippen LogP) is 2.15. The molecule has 2 heterocycles. The van der Waals surface area contributed by atoms with E-state index in [0.29, 0.717) is 11.8 Å². The van der Waals surface area contributed by atoms with Crippen molar-refractivity contribution < 1.29 is 9.53 Å². The van der Waals surface area contributed by atoms with Gasteiger partial charge in [0.2, 0.25) is 5.91 Å². The molecule has 1 N–H and O–H groups in total. The maximum atomic E-state index is 12.4. The van der Waals surface area contributed by atoms with Gasteiger partial charge in [0, 0.05) is 13.1 Å². The van der Waals surface area contributed by atoms with Crippen LogP contribution >= 0.6 is 0 Å². The Labute approximate surface area is 126 Å². The van der Waals surface area contributed by atoms with Crippen LogP contribution in [0.3, 0.4) is 0 Å². The molecule has 0 aromatic heterocycles. The second kappa shape index (κ2) is 6.48. The second-order valence-electron chi connectivity index (χ2n) is 6.03. The second-order valence-corrected chi connectivity index (χ2v) is 6.03. The van der Waals surface area contributed by atoms with Crippen molar-refractivity contribution in [3.8, 4) is 5.75 Å². The molecule has 1 unspecified atom stereocenters. The van der Waals surface area contributed by atoms with Crippen LogP contribution in [-0.4, -0.2) is 43.6 Å². The fraction of sp³-hybridized carbons (Fsp3) is 0.588. The minimum Gasteiger partial charge on any atom is -0.497 e. The van der Waals surface area contributed by atoms with Gasteiger partial charge in [-0.15, -0.1) is 0 Å². The Hall–Kier alpha value is -1.55. The number of likely N-dealkylation sites (tertiary alicyclic amines) is 1. The van der Waals surface area contributed by atoms with E-state index in [1.54, 1.807) is 7.11 Å². The molecule has 1 atom stereocenters. The Kier molecular flexibility index (Phi) is 4.44. The van der Waals surface area contributed by atoms with E-state index in [0.717, 1.165) is 51.1 Å². The van der Waals surface area contributed by atoms with Crippen molar-refractivity contribution >= 4 is 5.91 Å². The monoisotopic (exact) mass is 288 g/mol. The van der Waals surface area contributed by atoms with Crippen molar-refractivity contribution in [2.24, 2.45) is 0 Å². The van der Waals surface area contributed by atoms with Crippen LogP contribution in [0.4, 0.5) is 0 Å². The molecule has 0 saturated carbocycles.